The largest absolute Gasteiger partial charge is 0.355 e. The Kier molecular flexibility index (Phi) is 2.61. The van der Waals surface area contributed by atoms with Crippen molar-refractivity contribution in [1.29, 1.82) is 5.26 Å². The van der Waals surface area contributed by atoms with Crippen LogP contribution in [0.3, 0.4) is 0 Å². The Bertz CT molecular complexity index is 534. The molecule has 0 unspecified atom stereocenters. The van der Waals surface area contributed by atoms with Crippen molar-refractivity contribution >= 4 is 28.5 Å². The third-order valence-electron chi connectivity index (χ3n) is 1.78. The summed E-state index contributed by atoms with van der Waals surface area (Å²) in [5.74, 6) is 0.518. The number of aromatic nitrogens is 3. The Morgan fingerprint density at radius 1 is 1.40 bits per heavy atom. The molecular formula is C9H6ClN5. The Morgan fingerprint density at radius 2 is 2.27 bits per heavy atom. The fraction of sp³-hybridized carbons (Fsp3) is 0.111. The summed E-state index contributed by atoms with van der Waals surface area (Å²) in [5.41, 5.74) is 1.26. The van der Waals surface area contributed by atoms with E-state index in [2.05, 4.69) is 20.3 Å². The summed E-state index contributed by atoms with van der Waals surface area (Å²) in [6.45, 7) is 0.167. The van der Waals surface area contributed by atoms with Crippen LogP contribution in [0.5, 0.6) is 0 Å². The lowest BCUT2D eigenvalue weighted by Gasteiger charge is -2.03. The van der Waals surface area contributed by atoms with Gasteiger partial charge in [0.1, 0.15) is 23.5 Å². The van der Waals surface area contributed by atoms with E-state index in [-0.39, 0.29) is 6.54 Å². The molecule has 0 aromatic carbocycles. The van der Waals surface area contributed by atoms with Gasteiger partial charge in [0.25, 0.3) is 0 Å². The van der Waals surface area contributed by atoms with E-state index in [0.29, 0.717) is 22.0 Å². The van der Waals surface area contributed by atoms with Crippen molar-refractivity contribution < 1.29 is 0 Å². The van der Waals surface area contributed by atoms with Crippen LogP contribution in [0.15, 0.2) is 18.5 Å². The fourth-order valence-electron chi connectivity index (χ4n) is 1.17. The van der Waals surface area contributed by atoms with Crippen molar-refractivity contribution in [2.45, 2.75) is 0 Å². The highest BCUT2D eigenvalue weighted by Crippen LogP contribution is 2.18. The first-order chi connectivity index (χ1) is 7.31. The van der Waals surface area contributed by atoms with Crippen LogP contribution in [0.1, 0.15) is 0 Å². The molecule has 0 saturated heterocycles. The number of fused-ring (bicyclic) bond motifs is 1. The maximum atomic E-state index is 8.45. The normalized spacial score (nSPS) is 9.87. The molecule has 0 amide bonds. The Hall–Kier alpha value is -1.93. The van der Waals surface area contributed by atoms with E-state index in [1.165, 1.54) is 6.33 Å². The van der Waals surface area contributed by atoms with Crippen molar-refractivity contribution in [2.75, 3.05) is 11.9 Å². The number of nitriles is 1. The number of halogens is 1. The quantitative estimate of drug-likeness (QED) is 0.614. The minimum absolute atomic E-state index is 0.167. The topological polar surface area (TPSA) is 74.5 Å². The Balaban J connectivity index is 2.54. The highest BCUT2D eigenvalue weighted by atomic mass is 35.5. The first kappa shape index (κ1) is 9.62. The molecule has 2 rings (SSSR count). The second-order valence-corrected chi connectivity index (χ2v) is 3.12. The molecule has 0 spiro atoms. The number of nitrogens with one attached hydrogen (secondary N) is 1. The second-order valence-electron chi connectivity index (χ2n) is 2.74. The van der Waals surface area contributed by atoms with E-state index in [1.54, 1.807) is 12.1 Å². The summed E-state index contributed by atoms with van der Waals surface area (Å²) in [4.78, 5) is 12.1. The van der Waals surface area contributed by atoms with E-state index in [0.717, 1.165) is 0 Å². The van der Waals surface area contributed by atoms with Gasteiger partial charge in [-0.05, 0) is 12.1 Å². The SMILES string of the molecule is N#CCNc1ncnc2ccc(Cl)nc12. The van der Waals surface area contributed by atoms with Crippen LogP contribution in [0.2, 0.25) is 5.15 Å². The molecule has 0 radical (unpaired) electrons. The average molecular weight is 220 g/mol. The number of anilines is 1. The molecule has 0 fully saturated rings. The number of hydrogen-bond donors (Lipinski definition) is 1. The molecule has 74 valence electrons. The summed E-state index contributed by atoms with van der Waals surface area (Å²) in [7, 11) is 0. The van der Waals surface area contributed by atoms with Gasteiger partial charge in [0.05, 0.1) is 11.6 Å². The summed E-state index contributed by atoms with van der Waals surface area (Å²) in [5, 5.41) is 11.7. The highest BCUT2D eigenvalue weighted by Gasteiger charge is 2.04. The lowest BCUT2D eigenvalue weighted by Crippen LogP contribution is -2.02. The smallest absolute Gasteiger partial charge is 0.156 e. The third kappa shape index (κ3) is 1.95. The van der Waals surface area contributed by atoms with Gasteiger partial charge in [0.2, 0.25) is 0 Å². The summed E-state index contributed by atoms with van der Waals surface area (Å²) in [6.07, 6.45) is 1.41. The van der Waals surface area contributed by atoms with Crippen LogP contribution < -0.4 is 5.32 Å². The maximum Gasteiger partial charge on any atom is 0.156 e. The monoisotopic (exact) mass is 219 g/mol. The fourth-order valence-corrected chi connectivity index (χ4v) is 1.32. The van der Waals surface area contributed by atoms with Gasteiger partial charge in [-0.15, -0.1) is 0 Å². The van der Waals surface area contributed by atoms with Gasteiger partial charge in [0.15, 0.2) is 5.82 Å². The molecule has 6 heteroatoms. The van der Waals surface area contributed by atoms with Gasteiger partial charge in [0, 0.05) is 0 Å². The van der Waals surface area contributed by atoms with Crippen LogP contribution in [0.4, 0.5) is 5.82 Å². The van der Waals surface area contributed by atoms with Crippen LogP contribution in [-0.2, 0) is 0 Å². The molecule has 0 aliphatic rings. The Morgan fingerprint density at radius 3 is 3.07 bits per heavy atom. The molecule has 2 heterocycles. The van der Waals surface area contributed by atoms with Crippen LogP contribution in [0, 0.1) is 11.3 Å². The number of rotatable bonds is 2. The van der Waals surface area contributed by atoms with E-state index < -0.39 is 0 Å². The molecule has 5 nitrogen and oxygen atoms in total. The number of nitrogens with zero attached hydrogens (tertiary/aromatic N) is 4. The van der Waals surface area contributed by atoms with Crippen molar-refractivity contribution in [3.63, 3.8) is 0 Å². The summed E-state index contributed by atoms with van der Waals surface area (Å²) >= 11 is 5.77. The lowest BCUT2D eigenvalue weighted by molar-refractivity contribution is 1.16. The third-order valence-corrected chi connectivity index (χ3v) is 1.99. The van der Waals surface area contributed by atoms with Gasteiger partial charge < -0.3 is 5.32 Å². The number of hydrogen-bond acceptors (Lipinski definition) is 5. The second kappa shape index (κ2) is 4.07. The highest BCUT2D eigenvalue weighted by molar-refractivity contribution is 6.29. The number of pyridine rings is 1. The molecular weight excluding hydrogens is 214 g/mol. The minimum Gasteiger partial charge on any atom is -0.355 e. The minimum atomic E-state index is 0.167. The zero-order valence-electron chi connectivity index (χ0n) is 7.61. The van der Waals surface area contributed by atoms with Gasteiger partial charge in [-0.3, -0.25) is 0 Å². The molecule has 2 aromatic rings. The maximum absolute atomic E-state index is 8.45. The first-order valence-corrected chi connectivity index (χ1v) is 4.57. The average Bonchev–Trinajstić information content (AvgIpc) is 2.26. The predicted octanol–water partition coefficient (Wildman–Crippen LogP) is 1.61. The van der Waals surface area contributed by atoms with Crippen molar-refractivity contribution in [3.8, 4) is 6.07 Å². The molecule has 0 aliphatic carbocycles. The molecule has 0 atom stereocenters. The lowest BCUT2D eigenvalue weighted by atomic mass is 10.3. The standard InChI is InChI=1S/C9H6ClN5/c10-7-2-1-6-8(15-7)9(12-4-3-11)14-5-13-6/h1-2,5H,4H2,(H,12,13,14). The van der Waals surface area contributed by atoms with Crippen LogP contribution in [0.25, 0.3) is 11.0 Å². The molecule has 2 aromatic heterocycles. The van der Waals surface area contributed by atoms with E-state index in [4.69, 9.17) is 16.9 Å². The van der Waals surface area contributed by atoms with Crippen LogP contribution in [-0.4, -0.2) is 21.5 Å². The summed E-state index contributed by atoms with van der Waals surface area (Å²) in [6, 6.07) is 5.37. The molecule has 0 aliphatic heterocycles. The molecule has 0 saturated carbocycles. The van der Waals surface area contributed by atoms with E-state index >= 15 is 0 Å². The first-order valence-electron chi connectivity index (χ1n) is 4.19. The molecule has 1 N–H and O–H groups in total. The van der Waals surface area contributed by atoms with Crippen molar-refractivity contribution in [2.24, 2.45) is 0 Å². The van der Waals surface area contributed by atoms with Gasteiger partial charge in [-0.1, -0.05) is 11.6 Å². The van der Waals surface area contributed by atoms with E-state index in [9.17, 15) is 0 Å². The zero-order chi connectivity index (χ0) is 10.7. The zero-order valence-corrected chi connectivity index (χ0v) is 8.36. The molecule has 0 bridgehead atoms. The molecule has 15 heavy (non-hydrogen) atoms. The Labute approximate surface area is 90.7 Å². The van der Waals surface area contributed by atoms with E-state index in [1.807, 2.05) is 6.07 Å². The predicted molar refractivity (Wildman–Crippen MR) is 56.4 cm³/mol. The van der Waals surface area contributed by atoms with Gasteiger partial charge in [-0.25, -0.2) is 15.0 Å². The van der Waals surface area contributed by atoms with Gasteiger partial charge >= 0.3 is 0 Å². The van der Waals surface area contributed by atoms with Crippen molar-refractivity contribution in [3.05, 3.63) is 23.6 Å². The van der Waals surface area contributed by atoms with Crippen molar-refractivity contribution in [1.82, 2.24) is 15.0 Å². The van der Waals surface area contributed by atoms with Crippen LogP contribution >= 0.6 is 11.6 Å². The van der Waals surface area contributed by atoms with Gasteiger partial charge in [-0.2, -0.15) is 5.26 Å². The summed E-state index contributed by atoms with van der Waals surface area (Å²) < 4.78 is 0.